The van der Waals surface area contributed by atoms with E-state index in [9.17, 15) is 9.59 Å². The Hall–Kier alpha value is -2.66. The SMILES string of the molecule is O=C(CCc1nc2ccccc2c(=O)n1C1CC1)NCc1ccccc1Cl. The van der Waals surface area contributed by atoms with Crippen LogP contribution in [0, 0.1) is 0 Å². The van der Waals surface area contributed by atoms with E-state index in [1.807, 2.05) is 42.5 Å². The number of para-hydroxylation sites is 1. The maximum Gasteiger partial charge on any atom is 0.261 e. The van der Waals surface area contributed by atoms with Gasteiger partial charge in [0.25, 0.3) is 5.56 Å². The van der Waals surface area contributed by atoms with Crippen molar-refractivity contribution in [3.8, 4) is 0 Å². The average molecular weight is 382 g/mol. The third-order valence-corrected chi connectivity index (χ3v) is 5.17. The summed E-state index contributed by atoms with van der Waals surface area (Å²) >= 11 is 6.12. The molecule has 1 saturated carbocycles. The molecule has 0 saturated heterocycles. The largest absolute Gasteiger partial charge is 0.352 e. The molecule has 1 aliphatic rings. The van der Waals surface area contributed by atoms with Crippen molar-refractivity contribution >= 4 is 28.4 Å². The van der Waals surface area contributed by atoms with E-state index in [4.69, 9.17) is 11.6 Å². The van der Waals surface area contributed by atoms with Gasteiger partial charge in [0.1, 0.15) is 5.82 Å². The summed E-state index contributed by atoms with van der Waals surface area (Å²) in [5.74, 6) is 0.605. The number of hydrogen-bond donors (Lipinski definition) is 1. The van der Waals surface area contributed by atoms with Gasteiger partial charge in [0.2, 0.25) is 5.91 Å². The Bertz CT molecular complexity index is 1060. The monoisotopic (exact) mass is 381 g/mol. The molecule has 1 aromatic heterocycles. The summed E-state index contributed by atoms with van der Waals surface area (Å²) in [6.45, 7) is 0.388. The van der Waals surface area contributed by atoms with E-state index < -0.39 is 0 Å². The maximum atomic E-state index is 12.8. The van der Waals surface area contributed by atoms with Crippen molar-refractivity contribution < 1.29 is 4.79 Å². The molecule has 0 bridgehead atoms. The normalized spacial score (nSPS) is 13.7. The predicted octanol–water partition coefficient (Wildman–Crippen LogP) is 3.63. The number of carbonyl (C=O) groups excluding carboxylic acids is 1. The van der Waals surface area contributed by atoms with Crippen LogP contribution in [0.4, 0.5) is 0 Å². The minimum Gasteiger partial charge on any atom is -0.352 e. The maximum absolute atomic E-state index is 12.8. The Morgan fingerprint density at radius 2 is 1.89 bits per heavy atom. The molecule has 1 amide bonds. The third-order valence-electron chi connectivity index (χ3n) is 4.80. The summed E-state index contributed by atoms with van der Waals surface area (Å²) in [7, 11) is 0. The summed E-state index contributed by atoms with van der Waals surface area (Å²) in [6, 6.07) is 15.0. The fourth-order valence-corrected chi connectivity index (χ4v) is 3.43. The highest BCUT2D eigenvalue weighted by molar-refractivity contribution is 6.31. The second-order valence-corrected chi connectivity index (χ2v) is 7.23. The van der Waals surface area contributed by atoms with E-state index in [2.05, 4.69) is 10.3 Å². The van der Waals surface area contributed by atoms with Gasteiger partial charge < -0.3 is 5.32 Å². The van der Waals surface area contributed by atoms with Gasteiger partial charge in [-0.1, -0.05) is 41.9 Å². The lowest BCUT2D eigenvalue weighted by atomic mass is 10.2. The minimum atomic E-state index is -0.0836. The number of carbonyl (C=O) groups is 1. The standard InChI is InChI=1S/C21H20ClN3O2/c22-17-7-3-1-5-14(17)13-23-20(26)12-11-19-24-18-8-4-2-6-16(18)21(27)25(19)15-9-10-15/h1-8,15H,9-13H2,(H,23,26). The summed E-state index contributed by atoms with van der Waals surface area (Å²) < 4.78 is 1.78. The molecule has 0 atom stereocenters. The van der Waals surface area contributed by atoms with Crippen molar-refractivity contribution in [1.82, 2.24) is 14.9 Å². The van der Waals surface area contributed by atoms with Crippen LogP contribution < -0.4 is 10.9 Å². The number of fused-ring (bicyclic) bond motifs is 1. The topological polar surface area (TPSA) is 64.0 Å². The molecule has 5 nitrogen and oxygen atoms in total. The van der Waals surface area contributed by atoms with E-state index in [1.165, 1.54) is 0 Å². The summed E-state index contributed by atoms with van der Waals surface area (Å²) in [5.41, 5.74) is 1.56. The number of rotatable bonds is 6. The molecule has 0 radical (unpaired) electrons. The number of nitrogens with one attached hydrogen (secondary N) is 1. The molecule has 0 aliphatic heterocycles. The van der Waals surface area contributed by atoms with Gasteiger partial charge in [0.05, 0.1) is 10.9 Å². The Kier molecular flexibility index (Phi) is 4.94. The van der Waals surface area contributed by atoms with Gasteiger partial charge >= 0.3 is 0 Å². The number of nitrogens with zero attached hydrogens (tertiary/aromatic N) is 2. The second-order valence-electron chi connectivity index (χ2n) is 6.82. The Balaban J connectivity index is 1.48. The van der Waals surface area contributed by atoms with Crippen molar-refractivity contribution in [2.45, 2.75) is 38.3 Å². The fourth-order valence-electron chi connectivity index (χ4n) is 3.23. The summed E-state index contributed by atoms with van der Waals surface area (Å²) in [4.78, 5) is 29.8. The van der Waals surface area contributed by atoms with Crippen LogP contribution in [0.5, 0.6) is 0 Å². The van der Waals surface area contributed by atoms with Gasteiger partial charge in [0.15, 0.2) is 0 Å². The van der Waals surface area contributed by atoms with Crippen LogP contribution in [0.2, 0.25) is 5.02 Å². The van der Waals surface area contributed by atoms with Crippen LogP contribution in [-0.2, 0) is 17.8 Å². The highest BCUT2D eigenvalue weighted by atomic mass is 35.5. The lowest BCUT2D eigenvalue weighted by Crippen LogP contribution is -2.27. The molecule has 2 aromatic carbocycles. The quantitative estimate of drug-likeness (QED) is 0.709. The zero-order valence-corrected chi connectivity index (χ0v) is 15.6. The molecule has 4 rings (SSSR count). The molecular formula is C21H20ClN3O2. The van der Waals surface area contributed by atoms with Crippen molar-refractivity contribution in [2.24, 2.45) is 0 Å². The molecule has 1 heterocycles. The molecule has 6 heteroatoms. The molecule has 138 valence electrons. The Morgan fingerprint density at radius 3 is 2.67 bits per heavy atom. The number of halogens is 1. The molecule has 0 spiro atoms. The van der Waals surface area contributed by atoms with Crippen molar-refractivity contribution in [1.29, 1.82) is 0 Å². The van der Waals surface area contributed by atoms with Crippen molar-refractivity contribution in [3.05, 3.63) is 75.3 Å². The van der Waals surface area contributed by atoms with Gasteiger partial charge in [-0.25, -0.2) is 4.98 Å². The zero-order chi connectivity index (χ0) is 18.8. The molecule has 1 fully saturated rings. The Morgan fingerprint density at radius 1 is 1.15 bits per heavy atom. The third kappa shape index (κ3) is 3.88. The van der Waals surface area contributed by atoms with Crippen LogP contribution in [-0.4, -0.2) is 15.5 Å². The van der Waals surface area contributed by atoms with Gasteiger partial charge in [-0.3, -0.25) is 14.2 Å². The second kappa shape index (κ2) is 7.53. The van der Waals surface area contributed by atoms with Crippen LogP contribution in [0.3, 0.4) is 0 Å². The number of benzene rings is 2. The first kappa shape index (κ1) is 17.7. The highest BCUT2D eigenvalue weighted by Gasteiger charge is 2.28. The molecule has 1 aliphatic carbocycles. The minimum absolute atomic E-state index is 0.00502. The van der Waals surface area contributed by atoms with Crippen LogP contribution in [0.15, 0.2) is 53.3 Å². The first-order chi connectivity index (χ1) is 13.1. The molecular weight excluding hydrogens is 362 g/mol. The Labute approximate surface area is 162 Å². The van der Waals surface area contributed by atoms with E-state index in [1.54, 1.807) is 10.6 Å². The zero-order valence-electron chi connectivity index (χ0n) is 14.8. The number of hydrogen-bond acceptors (Lipinski definition) is 3. The molecule has 0 unspecified atom stereocenters. The lowest BCUT2D eigenvalue weighted by Gasteiger charge is -2.13. The summed E-state index contributed by atoms with van der Waals surface area (Å²) in [5, 5.41) is 4.16. The van der Waals surface area contributed by atoms with Crippen LogP contribution in [0.25, 0.3) is 10.9 Å². The molecule has 27 heavy (non-hydrogen) atoms. The van der Waals surface area contributed by atoms with E-state index in [-0.39, 0.29) is 23.9 Å². The highest BCUT2D eigenvalue weighted by Crippen LogP contribution is 2.34. The van der Waals surface area contributed by atoms with Crippen LogP contribution in [0.1, 0.15) is 36.7 Å². The lowest BCUT2D eigenvalue weighted by molar-refractivity contribution is -0.121. The average Bonchev–Trinajstić information content (AvgIpc) is 3.51. The van der Waals surface area contributed by atoms with Crippen LogP contribution >= 0.6 is 11.6 Å². The van der Waals surface area contributed by atoms with E-state index in [0.717, 1.165) is 18.4 Å². The first-order valence-electron chi connectivity index (χ1n) is 9.14. The van der Waals surface area contributed by atoms with Gasteiger partial charge in [-0.15, -0.1) is 0 Å². The van der Waals surface area contributed by atoms with Gasteiger partial charge in [-0.05, 0) is 36.6 Å². The smallest absolute Gasteiger partial charge is 0.261 e. The summed E-state index contributed by atoms with van der Waals surface area (Å²) in [6.07, 6.45) is 2.70. The van der Waals surface area contributed by atoms with Crippen molar-refractivity contribution in [2.75, 3.05) is 0 Å². The number of aryl methyl sites for hydroxylation is 1. The van der Waals surface area contributed by atoms with E-state index >= 15 is 0 Å². The van der Waals surface area contributed by atoms with E-state index in [0.29, 0.717) is 34.7 Å². The number of amides is 1. The predicted molar refractivity (Wildman–Crippen MR) is 106 cm³/mol. The van der Waals surface area contributed by atoms with Gasteiger partial charge in [-0.2, -0.15) is 0 Å². The van der Waals surface area contributed by atoms with Crippen molar-refractivity contribution in [3.63, 3.8) is 0 Å². The fraction of sp³-hybridized carbons (Fsp3) is 0.286. The first-order valence-corrected chi connectivity index (χ1v) is 9.51. The molecule has 3 aromatic rings. The number of aromatic nitrogens is 2. The molecule has 1 N–H and O–H groups in total. The van der Waals surface area contributed by atoms with Gasteiger partial charge in [0, 0.05) is 30.5 Å².